The number of hydrogen-bond acceptors (Lipinski definition) is 3. The van der Waals surface area contributed by atoms with E-state index >= 15 is 0 Å². The van der Waals surface area contributed by atoms with E-state index < -0.39 is 21.0 Å². The number of rotatable bonds is 5. The molecule has 0 aliphatic rings. The molecule has 0 aliphatic carbocycles. The Morgan fingerprint density at radius 2 is 1.80 bits per heavy atom. The molecule has 0 rings (SSSR count). The van der Waals surface area contributed by atoms with Crippen LogP contribution in [0.25, 0.3) is 0 Å². The van der Waals surface area contributed by atoms with E-state index in [1.165, 1.54) is 6.92 Å². The van der Waals surface area contributed by atoms with Crippen molar-refractivity contribution in [1.29, 1.82) is 0 Å². The number of carbonyl (C=O) groups excluding carboxylic acids is 1. The Balaban J connectivity index is 4.39. The van der Waals surface area contributed by atoms with E-state index in [4.69, 9.17) is 0 Å². The molecule has 0 aliphatic heterocycles. The maximum atomic E-state index is 11.5. The predicted octanol–water partition coefficient (Wildman–Crippen LogP) is 0.955. The van der Waals surface area contributed by atoms with Crippen LogP contribution >= 0.6 is 15.9 Å². The lowest BCUT2D eigenvalue weighted by molar-refractivity contribution is -0.121. The van der Waals surface area contributed by atoms with Gasteiger partial charge in [0.15, 0.2) is 9.84 Å². The summed E-state index contributed by atoms with van der Waals surface area (Å²) < 4.78 is 22.2. The van der Waals surface area contributed by atoms with Gasteiger partial charge in [-0.25, -0.2) is 8.42 Å². The molecule has 0 fully saturated rings. The molecule has 6 heteroatoms. The third-order valence-corrected chi connectivity index (χ3v) is 5.00. The molecular formula is C9H18BrNO3S. The molecule has 0 aromatic rings. The fourth-order valence-electron chi connectivity index (χ4n) is 0.812. The van der Waals surface area contributed by atoms with E-state index in [1.807, 2.05) is 13.8 Å². The van der Waals surface area contributed by atoms with Gasteiger partial charge in [-0.05, 0) is 19.8 Å². The lowest BCUT2D eigenvalue weighted by Crippen LogP contribution is -2.44. The molecule has 0 spiro atoms. The van der Waals surface area contributed by atoms with Gasteiger partial charge in [0.25, 0.3) is 0 Å². The Bertz CT molecular complexity index is 315. The van der Waals surface area contributed by atoms with Crippen LogP contribution in [0.3, 0.4) is 0 Å². The van der Waals surface area contributed by atoms with E-state index in [1.54, 1.807) is 0 Å². The second-order valence-corrected chi connectivity index (χ2v) is 6.91. The van der Waals surface area contributed by atoms with Crippen molar-refractivity contribution in [3.63, 3.8) is 0 Å². The minimum atomic E-state index is -3.30. The predicted molar refractivity (Wildman–Crippen MR) is 64.9 cm³/mol. The number of sulfone groups is 1. The first-order chi connectivity index (χ1) is 6.70. The average Bonchev–Trinajstić information content (AvgIpc) is 2.13. The number of halogens is 1. The first-order valence-corrected chi connectivity index (χ1v) is 7.83. The Labute approximate surface area is 99.9 Å². The van der Waals surface area contributed by atoms with Crippen molar-refractivity contribution in [3.05, 3.63) is 0 Å². The van der Waals surface area contributed by atoms with Crippen LogP contribution in [-0.2, 0) is 14.6 Å². The smallest absolute Gasteiger partial charge is 0.238 e. The highest BCUT2D eigenvalue weighted by atomic mass is 79.9. The lowest BCUT2D eigenvalue weighted by Gasteiger charge is -2.21. The minimum absolute atomic E-state index is 0.0407. The Hall–Kier alpha value is -0.100. The minimum Gasteiger partial charge on any atom is -0.352 e. The van der Waals surface area contributed by atoms with Gasteiger partial charge >= 0.3 is 0 Å². The summed E-state index contributed by atoms with van der Waals surface area (Å²) in [5, 5.41) is 2.47. The summed E-state index contributed by atoms with van der Waals surface area (Å²) in [5.74, 6) is -0.168. The van der Waals surface area contributed by atoms with Gasteiger partial charge in [0.1, 0.15) is 5.25 Å². The molecule has 3 atom stereocenters. The molecule has 0 aromatic carbocycles. The summed E-state index contributed by atoms with van der Waals surface area (Å²) >= 11 is 3.31. The number of hydrogen-bond donors (Lipinski definition) is 1. The summed E-state index contributed by atoms with van der Waals surface area (Å²) in [4.78, 5) is 11.5. The third-order valence-electron chi connectivity index (χ3n) is 2.48. The number of carbonyl (C=O) groups is 1. The van der Waals surface area contributed by atoms with Crippen molar-refractivity contribution in [2.45, 2.75) is 32.1 Å². The van der Waals surface area contributed by atoms with Crippen LogP contribution in [-0.4, -0.2) is 37.2 Å². The quantitative estimate of drug-likeness (QED) is 0.769. The van der Waals surface area contributed by atoms with E-state index in [2.05, 4.69) is 21.2 Å². The molecule has 0 saturated carbocycles. The fourth-order valence-corrected chi connectivity index (χ4v) is 1.83. The van der Waals surface area contributed by atoms with Crippen molar-refractivity contribution in [1.82, 2.24) is 5.32 Å². The van der Waals surface area contributed by atoms with Crippen molar-refractivity contribution < 1.29 is 13.2 Å². The SMILES string of the molecule is CC(CBr)C(C)NC(=O)C(C)S(C)(=O)=O. The van der Waals surface area contributed by atoms with Crippen LogP contribution in [0.15, 0.2) is 0 Å². The highest BCUT2D eigenvalue weighted by molar-refractivity contribution is 9.09. The second kappa shape index (κ2) is 5.84. The molecule has 90 valence electrons. The molecule has 0 bridgehead atoms. The van der Waals surface area contributed by atoms with Gasteiger partial charge in [-0.15, -0.1) is 0 Å². The average molecular weight is 300 g/mol. The number of nitrogens with one attached hydrogen (secondary N) is 1. The first-order valence-electron chi connectivity index (χ1n) is 4.75. The first kappa shape index (κ1) is 14.9. The van der Waals surface area contributed by atoms with Gasteiger partial charge in [-0.1, -0.05) is 22.9 Å². The summed E-state index contributed by atoms with van der Waals surface area (Å²) in [7, 11) is -3.30. The largest absolute Gasteiger partial charge is 0.352 e. The van der Waals surface area contributed by atoms with Crippen LogP contribution < -0.4 is 5.32 Å². The van der Waals surface area contributed by atoms with Gasteiger partial charge in [0.2, 0.25) is 5.91 Å². The summed E-state index contributed by atoms with van der Waals surface area (Å²) in [6.45, 7) is 5.24. The molecule has 0 heterocycles. The van der Waals surface area contributed by atoms with Crippen molar-refractivity contribution in [2.24, 2.45) is 5.92 Å². The van der Waals surface area contributed by atoms with E-state index in [9.17, 15) is 13.2 Å². The monoisotopic (exact) mass is 299 g/mol. The highest BCUT2D eigenvalue weighted by Gasteiger charge is 2.25. The molecule has 3 unspecified atom stereocenters. The van der Waals surface area contributed by atoms with Gasteiger partial charge < -0.3 is 5.32 Å². The fraction of sp³-hybridized carbons (Fsp3) is 0.889. The Kier molecular flexibility index (Phi) is 5.80. The standard InChI is InChI=1S/C9H18BrNO3S/c1-6(5-10)7(2)11-9(12)8(3)15(4,13)14/h6-8H,5H2,1-4H3,(H,11,12). The maximum Gasteiger partial charge on any atom is 0.238 e. The van der Waals surface area contributed by atoms with Crippen LogP contribution in [0.4, 0.5) is 0 Å². The Morgan fingerprint density at radius 1 is 1.33 bits per heavy atom. The molecular weight excluding hydrogens is 282 g/mol. The lowest BCUT2D eigenvalue weighted by atomic mass is 10.1. The Morgan fingerprint density at radius 3 is 2.13 bits per heavy atom. The molecule has 4 nitrogen and oxygen atoms in total. The van der Waals surface area contributed by atoms with Gasteiger partial charge in [-0.3, -0.25) is 4.79 Å². The zero-order chi connectivity index (χ0) is 12.2. The van der Waals surface area contributed by atoms with Crippen LogP contribution in [0.1, 0.15) is 20.8 Å². The molecule has 0 saturated heterocycles. The molecule has 0 radical (unpaired) electrons. The third kappa shape index (κ3) is 4.97. The van der Waals surface area contributed by atoms with Gasteiger partial charge in [0.05, 0.1) is 0 Å². The van der Waals surface area contributed by atoms with Crippen molar-refractivity contribution in [2.75, 3.05) is 11.6 Å². The zero-order valence-electron chi connectivity index (χ0n) is 9.45. The maximum absolute atomic E-state index is 11.5. The van der Waals surface area contributed by atoms with Crippen molar-refractivity contribution in [3.8, 4) is 0 Å². The van der Waals surface area contributed by atoms with Crippen LogP contribution in [0, 0.1) is 5.92 Å². The number of amides is 1. The normalized spacial score (nSPS) is 17.9. The molecule has 0 aromatic heterocycles. The second-order valence-electron chi connectivity index (χ2n) is 3.90. The van der Waals surface area contributed by atoms with E-state index in [0.29, 0.717) is 0 Å². The molecule has 1 N–H and O–H groups in total. The topological polar surface area (TPSA) is 63.2 Å². The van der Waals surface area contributed by atoms with Gasteiger partial charge in [0, 0.05) is 17.6 Å². The molecule has 1 amide bonds. The summed E-state index contributed by atoms with van der Waals surface area (Å²) in [6, 6.07) is -0.0407. The summed E-state index contributed by atoms with van der Waals surface area (Å²) in [5.41, 5.74) is 0. The molecule has 15 heavy (non-hydrogen) atoms. The van der Waals surface area contributed by atoms with Crippen LogP contribution in [0.5, 0.6) is 0 Å². The zero-order valence-corrected chi connectivity index (χ0v) is 11.9. The van der Waals surface area contributed by atoms with Crippen LogP contribution in [0.2, 0.25) is 0 Å². The highest BCUT2D eigenvalue weighted by Crippen LogP contribution is 2.07. The van der Waals surface area contributed by atoms with Gasteiger partial charge in [-0.2, -0.15) is 0 Å². The van der Waals surface area contributed by atoms with E-state index in [0.717, 1.165) is 11.6 Å². The van der Waals surface area contributed by atoms with E-state index in [-0.39, 0.29) is 12.0 Å². The summed E-state index contributed by atoms with van der Waals surface area (Å²) in [6.07, 6.45) is 1.07. The number of alkyl halides is 1. The van der Waals surface area contributed by atoms with Crippen molar-refractivity contribution >= 4 is 31.7 Å².